The number of hydrogen-bond acceptors (Lipinski definition) is 3. The third kappa shape index (κ3) is 3.32. The van der Waals surface area contributed by atoms with Gasteiger partial charge in [0.05, 0.1) is 5.02 Å². The Morgan fingerprint density at radius 3 is 2.58 bits per heavy atom. The third-order valence-electron chi connectivity index (χ3n) is 2.98. The second-order valence-electron chi connectivity index (χ2n) is 4.19. The van der Waals surface area contributed by atoms with Crippen LogP contribution in [0, 0.1) is 0 Å². The molecule has 0 fully saturated rings. The van der Waals surface area contributed by atoms with Gasteiger partial charge in [-0.3, -0.25) is 9.78 Å². The first-order chi connectivity index (χ1) is 9.24. The summed E-state index contributed by atoms with van der Waals surface area (Å²) in [5, 5.41) is 0.487. The van der Waals surface area contributed by atoms with Crippen LogP contribution in [-0.2, 0) is 6.54 Å². The van der Waals surface area contributed by atoms with E-state index in [0.29, 0.717) is 10.6 Å². The van der Waals surface area contributed by atoms with E-state index in [1.54, 1.807) is 18.5 Å². The predicted octanol–water partition coefficient (Wildman–Crippen LogP) is 3.57. The monoisotopic (exact) mass is 274 g/mol. The van der Waals surface area contributed by atoms with Gasteiger partial charge in [0.1, 0.15) is 0 Å². The van der Waals surface area contributed by atoms with E-state index in [9.17, 15) is 4.79 Å². The molecular formula is C15H15ClN2O. The number of nitrogens with zero attached hydrogens (tertiary/aromatic N) is 2. The van der Waals surface area contributed by atoms with Gasteiger partial charge in [-0.05, 0) is 42.8 Å². The lowest BCUT2D eigenvalue weighted by Gasteiger charge is -2.23. The molecule has 1 aromatic heterocycles. The Bertz CT molecular complexity index is 557. The summed E-state index contributed by atoms with van der Waals surface area (Å²) in [6.45, 7) is 3.73. The number of pyridine rings is 1. The molecule has 0 atom stereocenters. The van der Waals surface area contributed by atoms with Crippen molar-refractivity contribution in [2.45, 2.75) is 13.5 Å². The molecule has 0 bridgehead atoms. The molecule has 0 N–H and O–H groups in total. The molecule has 1 aromatic carbocycles. The number of hydrogen-bond donors (Lipinski definition) is 0. The molecule has 0 aliphatic heterocycles. The molecule has 4 heteroatoms. The first-order valence-corrected chi connectivity index (χ1v) is 6.51. The van der Waals surface area contributed by atoms with Crippen molar-refractivity contribution in [2.75, 3.05) is 11.4 Å². The van der Waals surface area contributed by atoms with Crippen molar-refractivity contribution in [3.63, 3.8) is 0 Å². The smallest absolute Gasteiger partial charge is 0.151 e. The van der Waals surface area contributed by atoms with Crippen LogP contribution in [0.15, 0.2) is 42.7 Å². The van der Waals surface area contributed by atoms with Gasteiger partial charge in [-0.15, -0.1) is 0 Å². The van der Waals surface area contributed by atoms with Crippen LogP contribution in [-0.4, -0.2) is 17.8 Å². The van der Waals surface area contributed by atoms with E-state index < -0.39 is 0 Å². The fourth-order valence-electron chi connectivity index (χ4n) is 1.90. The zero-order chi connectivity index (χ0) is 13.7. The predicted molar refractivity (Wildman–Crippen MR) is 77.8 cm³/mol. The Hall–Kier alpha value is -1.87. The molecule has 2 aromatic rings. The van der Waals surface area contributed by atoms with Gasteiger partial charge in [0.2, 0.25) is 0 Å². The van der Waals surface area contributed by atoms with Crippen LogP contribution < -0.4 is 4.90 Å². The maximum Gasteiger partial charge on any atom is 0.151 e. The van der Waals surface area contributed by atoms with Crippen LogP contribution in [0.5, 0.6) is 0 Å². The minimum Gasteiger partial charge on any atom is -0.367 e. The van der Waals surface area contributed by atoms with Crippen LogP contribution in [0.25, 0.3) is 0 Å². The van der Waals surface area contributed by atoms with Crippen molar-refractivity contribution in [3.8, 4) is 0 Å². The van der Waals surface area contributed by atoms with Crippen molar-refractivity contribution in [1.82, 2.24) is 4.98 Å². The van der Waals surface area contributed by atoms with E-state index in [1.165, 1.54) is 5.56 Å². The fourth-order valence-corrected chi connectivity index (χ4v) is 2.12. The highest BCUT2D eigenvalue weighted by atomic mass is 35.5. The summed E-state index contributed by atoms with van der Waals surface area (Å²) in [4.78, 5) is 17.0. The van der Waals surface area contributed by atoms with Crippen molar-refractivity contribution in [2.24, 2.45) is 0 Å². The quantitative estimate of drug-likeness (QED) is 0.782. The number of aromatic nitrogens is 1. The van der Waals surface area contributed by atoms with Crippen LogP contribution in [0.4, 0.5) is 5.69 Å². The summed E-state index contributed by atoms with van der Waals surface area (Å²) in [6, 6.07) is 9.48. The normalized spacial score (nSPS) is 10.2. The summed E-state index contributed by atoms with van der Waals surface area (Å²) < 4.78 is 0. The molecule has 0 spiro atoms. The maximum atomic E-state index is 10.8. The number of anilines is 1. The summed E-state index contributed by atoms with van der Waals surface area (Å²) >= 11 is 6.07. The molecule has 2 rings (SSSR count). The van der Waals surface area contributed by atoms with Crippen LogP contribution in [0.2, 0.25) is 5.02 Å². The van der Waals surface area contributed by atoms with Gasteiger partial charge >= 0.3 is 0 Å². The van der Waals surface area contributed by atoms with E-state index in [2.05, 4.69) is 16.8 Å². The molecule has 19 heavy (non-hydrogen) atoms. The average Bonchev–Trinajstić information content (AvgIpc) is 2.46. The number of carbonyl (C=O) groups is 1. The summed E-state index contributed by atoms with van der Waals surface area (Å²) in [6.07, 6.45) is 4.34. The molecule has 0 aliphatic rings. The Labute approximate surface area is 117 Å². The lowest BCUT2D eigenvalue weighted by molar-refractivity contribution is 0.112. The van der Waals surface area contributed by atoms with Gasteiger partial charge in [-0.2, -0.15) is 0 Å². The van der Waals surface area contributed by atoms with Crippen LogP contribution >= 0.6 is 11.6 Å². The fraction of sp³-hybridized carbons (Fsp3) is 0.200. The lowest BCUT2D eigenvalue weighted by atomic mass is 10.2. The summed E-state index contributed by atoms with van der Waals surface area (Å²) in [5.74, 6) is 0. The molecule has 1 heterocycles. The highest BCUT2D eigenvalue weighted by Crippen LogP contribution is 2.23. The minimum atomic E-state index is 0.487. The Morgan fingerprint density at radius 2 is 2.00 bits per heavy atom. The molecule has 0 amide bonds. The Balaban J connectivity index is 2.22. The highest BCUT2D eigenvalue weighted by molar-refractivity contribution is 6.33. The van der Waals surface area contributed by atoms with Crippen molar-refractivity contribution < 1.29 is 4.79 Å². The molecule has 98 valence electrons. The number of halogens is 1. The number of carbonyl (C=O) groups excluding carboxylic acids is 1. The van der Waals surface area contributed by atoms with E-state index >= 15 is 0 Å². The largest absolute Gasteiger partial charge is 0.367 e. The molecule has 0 unspecified atom stereocenters. The van der Waals surface area contributed by atoms with Gasteiger partial charge in [0, 0.05) is 36.7 Å². The SMILES string of the molecule is CCN(Cc1ccncc1)c1ccc(C=O)c(Cl)c1. The molecule has 3 nitrogen and oxygen atoms in total. The third-order valence-corrected chi connectivity index (χ3v) is 3.31. The van der Waals surface area contributed by atoms with E-state index in [1.807, 2.05) is 24.3 Å². The second kappa shape index (κ2) is 6.34. The number of aldehydes is 1. The topological polar surface area (TPSA) is 33.2 Å². The average molecular weight is 275 g/mol. The van der Waals surface area contributed by atoms with Gasteiger partial charge < -0.3 is 4.90 Å². The molecule has 0 saturated carbocycles. The number of benzene rings is 1. The Kier molecular flexibility index (Phi) is 4.53. The molecular weight excluding hydrogens is 260 g/mol. The first-order valence-electron chi connectivity index (χ1n) is 6.13. The standard InChI is InChI=1S/C15H15ClN2O/c1-2-18(10-12-5-7-17-8-6-12)14-4-3-13(11-19)15(16)9-14/h3-9,11H,2,10H2,1H3. The van der Waals surface area contributed by atoms with Gasteiger partial charge in [0.15, 0.2) is 6.29 Å². The minimum absolute atomic E-state index is 0.487. The first kappa shape index (κ1) is 13.6. The summed E-state index contributed by atoms with van der Waals surface area (Å²) in [7, 11) is 0. The second-order valence-corrected chi connectivity index (χ2v) is 4.60. The zero-order valence-corrected chi connectivity index (χ0v) is 11.5. The van der Waals surface area contributed by atoms with E-state index in [-0.39, 0.29) is 0 Å². The van der Waals surface area contributed by atoms with E-state index in [4.69, 9.17) is 11.6 Å². The van der Waals surface area contributed by atoms with Gasteiger partial charge in [0.25, 0.3) is 0 Å². The molecule has 0 radical (unpaired) electrons. The molecule has 0 aliphatic carbocycles. The van der Waals surface area contributed by atoms with E-state index in [0.717, 1.165) is 25.1 Å². The van der Waals surface area contributed by atoms with Crippen LogP contribution in [0.3, 0.4) is 0 Å². The molecule has 0 saturated heterocycles. The Morgan fingerprint density at radius 1 is 1.26 bits per heavy atom. The van der Waals surface area contributed by atoms with Crippen LogP contribution in [0.1, 0.15) is 22.8 Å². The lowest BCUT2D eigenvalue weighted by Crippen LogP contribution is -2.22. The van der Waals surface area contributed by atoms with Crippen molar-refractivity contribution in [3.05, 3.63) is 58.9 Å². The summed E-state index contributed by atoms with van der Waals surface area (Å²) in [5.41, 5.74) is 2.72. The van der Waals surface area contributed by atoms with Gasteiger partial charge in [-0.25, -0.2) is 0 Å². The zero-order valence-electron chi connectivity index (χ0n) is 10.7. The van der Waals surface area contributed by atoms with Gasteiger partial charge in [-0.1, -0.05) is 11.6 Å². The highest BCUT2D eigenvalue weighted by Gasteiger charge is 2.08. The number of rotatable bonds is 5. The van der Waals surface area contributed by atoms with Crippen molar-refractivity contribution in [1.29, 1.82) is 0 Å². The van der Waals surface area contributed by atoms with Crippen molar-refractivity contribution >= 4 is 23.6 Å². The maximum absolute atomic E-state index is 10.8.